The standard InChI is InChI=1S/C16H14Cl2N2O3S/c17-11-4-7-14(18)15(9-11)20-24(22,23)13-3-1-2-10(8-13)16(21)19-12-5-6-12/h1-4,7-9,12,20H,5-6H2,(H,19,21). The van der Waals surface area contributed by atoms with E-state index >= 15 is 0 Å². The van der Waals surface area contributed by atoms with E-state index < -0.39 is 10.0 Å². The first-order chi connectivity index (χ1) is 11.3. The highest BCUT2D eigenvalue weighted by Crippen LogP contribution is 2.28. The van der Waals surface area contributed by atoms with Crippen LogP contribution in [0.1, 0.15) is 23.2 Å². The molecule has 8 heteroatoms. The maximum atomic E-state index is 12.5. The highest BCUT2D eigenvalue weighted by Gasteiger charge is 2.24. The van der Waals surface area contributed by atoms with Gasteiger partial charge in [0.2, 0.25) is 0 Å². The molecule has 24 heavy (non-hydrogen) atoms. The largest absolute Gasteiger partial charge is 0.349 e. The number of hydrogen-bond donors (Lipinski definition) is 2. The molecule has 1 amide bonds. The Bertz CT molecular complexity index is 896. The van der Waals surface area contributed by atoms with Crippen LogP contribution in [0.4, 0.5) is 5.69 Å². The fourth-order valence-electron chi connectivity index (χ4n) is 2.08. The SMILES string of the molecule is O=C(NC1CC1)c1cccc(S(=O)(=O)Nc2cc(Cl)ccc2Cl)c1. The van der Waals surface area contributed by atoms with Crippen LogP contribution in [-0.4, -0.2) is 20.4 Å². The van der Waals surface area contributed by atoms with E-state index in [4.69, 9.17) is 23.2 Å². The summed E-state index contributed by atoms with van der Waals surface area (Å²) < 4.78 is 27.4. The third-order valence-corrected chi connectivity index (χ3v) is 5.42. The fraction of sp³-hybridized carbons (Fsp3) is 0.188. The lowest BCUT2D eigenvalue weighted by atomic mass is 10.2. The quantitative estimate of drug-likeness (QED) is 0.825. The van der Waals surface area contributed by atoms with Crippen LogP contribution in [0, 0.1) is 0 Å². The lowest BCUT2D eigenvalue weighted by Crippen LogP contribution is -2.25. The minimum Gasteiger partial charge on any atom is -0.349 e. The Labute approximate surface area is 150 Å². The number of halogens is 2. The predicted octanol–water partition coefficient (Wildman–Crippen LogP) is 3.69. The van der Waals surface area contributed by atoms with E-state index in [0.29, 0.717) is 10.6 Å². The molecule has 0 bridgehead atoms. The summed E-state index contributed by atoms with van der Waals surface area (Å²) in [6.45, 7) is 0. The molecular weight excluding hydrogens is 371 g/mol. The third-order valence-electron chi connectivity index (χ3n) is 3.49. The topological polar surface area (TPSA) is 75.3 Å². The van der Waals surface area contributed by atoms with Crippen LogP contribution in [0.3, 0.4) is 0 Å². The van der Waals surface area contributed by atoms with E-state index in [2.05, 4.69) is 10.0 Å². The first-order valence-electron chi connectivity index (χ1n) is 7.24. The number of anilines is 1. The van der Waals surface area contributed by atoms with E-state index in [-0.39, 0.29) is 27.6 Å². The summed E-state index contributed by atoms with van der Waals surface area (Å²) >= 11 is 11.9. The third kappa shape index (κ3) is 4.01. The van der Waals surface area contributed by atoms with Crippen LogP contribution in [0.15, 0.2) is 47.4 Å². The number of sulfonamides is 1. The van der Waals surface area contributed by atoms with Gasteiger partial charge in [0, 0.05) is 16.6 Å². The first-order valence-corrected chi connectivity index (χ1v) is 9.48. The van der Waals surface area contributed by atoms with Crippen molar-refractivity contribution in [2.24, 2.45) is 0 Å². The van der Waals surface area contributed by atoms with Gasteiger partial charge in [-0.1, -0.05) is 29.3 Å². The van der Waals surface area contributed by atoms with E-state index in [0.717, 1.165) is 12.8 Å². The van der Waals surface area contributed by atoms with Crippen molar-refractivity contribution in [1.82, 2.24) is 5.32 Å². The highest BCUT2D eigenvalue weighted by atomic mass is 35.5. The summed E-state index contributed by atoms with van der Waals surface area (Å²) in [5.41, 5.74) is 0.471. The molecule has 0 saturated heterocycles. The molecule has 5 nitrogen and oxygen atoms in total. The van der Waals surface area contributed by atoms with E-state index in [1.54, 1.807) is 12.1 Å². The molecule has 2 aromatic carbocycles. The Morgan fingerprint density at radius 2 is 1.83 bits per heavy atom. The highest BCUT2D eigenvalue weighted by molar-refractivity contribution is 7.92. The molecule has 0 atom stereocenters. The zero-order valence-corrected chi connectivity index (χ0v) is 14.8. The zero-order chi connectivity index (χ0) is 17.3. The minimum atomic E-state index is -3.89. The van der Waals surface area contributed by atoms with Crippen molar-refractivity contribution in [3.8, 4) is 0 Å². The van der Waals surface area contributed by atoms with Gasteiger partial charge in [-0.2, -0.15) is 0 Å². The Balaban J connectivity index is 1.86. The minimum absolute atomic E-state index is 0.0259. The second-order valence-corrected chi connectivity index (χ2v) is 8.03. The molecule has 0 unspecified atom stereocenters. The van der Waals surface area contributed by atoms with Crippen molar-refractivity contribution in [2.45, 2.75) is 23.8 Å². The molecule has 0 spiro atoms. The van der Waals surface area contributed by atoms with Crippen LogP contribution < -0.4 is 10.0 Å². The van der Waals surface area contributed by atoms with Gasteiger partial charge in [0.05, 0.1) is 15.6 Å². The molecule has 1 aliphatic rings. The normalized spacial score (nSPS) is 14.2. The summed E-state index contributed by atoms with van der Waals surface area (Å²) in [7, 11) is -3.89. The van der Waals surface area contributed by atoms with Crippen molar-refractivity contribution >= 4 is 44.8 Å². The fourth-order valence-corrected chi connectivity index (χ4v) is 3.59. The number of nitrogens with one attached hydrogen (secondary N) is 2. The number of rotatable bonds is 5. The summed E-state index contributed by atoms with van der Waals surface area (Å²) in [5, 5.41) is 3.41. The average Bonchev–Trinajstić information content (AvgIpc) is 3.35. The van der Waals surface area contributed by atoms with Gasteiger partial charge in [0.25, 0.3) is 15.9 Å². The second kappa shape index (κ2) is 6.63. The van der Waals surface area contributed by atoms with Crippen molar-refractivity contribution in [2.75, 3.05) is 4.72 Å². The van der Waals surface area contributed by atoms with Crippen molar-refractivity contribution < 1.29 is 13.2 Å². The van der Waals surface area contributed by atoms with Gasteiger partial charge in [-0.25, -0.2) is 8.42 Å². The maximum Gasteiger partial charge on any atom is 0.261 e. The molecule has 0 aromatic heterocycles. The van der Waals surface area contributed by atoms with Gasteiger partial charge in [0.1, 0.15) is 0 Å². The van der Waals surface area contributed by atoms with Gasteiger partial charge < -0.3 is 5.32 Å². The van der Waals surface area contributed by atoms with E-state index in [1.165, 1.54) is 30.3 Å². The van der Waals surface area contributed by atoms with Crippen LogP contribution in [0.2, 0.25) is 10.0 Å². The van der Waals surface area contributed by atoms with Crippen LogP contribution in [0.25, 0.3) is 0 Å². The lowest BCUT2D eigenvalue weighted by Gasteiger charge is -2.11. The molecule has 126 valence electrons. The van der Waals surface area contributed by atoms with Crippen LogP contribution >= 0.6 is 23.2 Å². The van der Waals surface area contributed by atoms with Gasteiger partial charge in [-0.3, -0.25) is 9.52 Å². The summed E-state index contributed by atoms with van der Waals surface area (Å²) in [6, 6.07) is 10.5. The summed E-state index contributed by atoms with van der Waals surface area (Å²) in [6.07, 6.45) is 1.91. The zero-order valence-electron chi connectivity index (χ0n) is 12.4. The van der Waals surface area contributed by atoms with Gasteiger partial charge in [-0.05, 0) is 49.2 Å². The smallest absolute Gasteiger partial charge is 0.261 e. The molecule has 2 aromatic rings. The molecule has 1 saturated carbocycles. The van der Waals surface area contributed by atoms with Gasteiger partial charge in [0.15, 0.2) is 0 Å². The Morgan fingerprint density at radius 3 is 2.54 bits per heavy atom. The molecule has 0 radical (unpaired) electrons. The molecule has 0 aliphatic heterocycles. The number of carbonyl (C=O) groups is 1. The molecule has 3 rings (SSSR count). The van der Waals surface area contributed by atoms with Gasteiger partial charge in [-0.15, -0.1) is 0 Å². The van der Waals surface area contributed by atoms with Crippen molar-refractivity contribution in [1.29, 1.82) is 0 Å². The Kier molecular flexibility index (Phi) is 4.71. The van der Waals surface area contributed by atoms with Crippen molar-refractivity contribution in [3.05, 3.63) is 58.1 Å². The van der Waals surface area contributed by atoms with Gasteiger partial charge >= 0.3 is 0 Å². The number of amides is 1. The molecule has 1 aliphatic carbocycles. The number of carbonyl (C=O) groups excluding carboxylic acids is 1. The van der Waals surface area contributed by atoms with E-state index in [1.807, 2.05) is 0 Å². The lowest BCUT2D eigenvalue weighted by molar-refractivity contribution is 0.0951. The van der Waals surface area contributed by atoms with E-state index in [9.17, 15) is 13.2 Å². The molecule has 2 N–H and O–H groups in total. The predicted molar refractivity (Wildman–Crippen MR) is 94.2 cm³/mol. The summed E-state index contributed by atoms with van der Waals surface area (Å²) in [4.78, 5) is 12.0. The summed E-state index contributed by atoms with van der Waals surface area (Å²) in [5.74, 6) is -0.282. The maximum absolute atomic E-state index is 12.5. The average molecular weight is 385 g/mol. The molecular formula is C16H14Cl2N2O3S. The number of benzene rings is 2. The monoisotopic (exact) mass is 384 g/mol. The Morgan fingerprint density at radius 1 is 1.08 bits per heavy atom. The molecule has 1 fully saturated rings. The van der Waals surface area contributed by atoms with Crippen molar-refractivity contribution in [3.63, 3.8) is 0 Å². The molecule has 0 heterocycles. The Hall–Kier alpha value is -1.76. The first kappa shape index (κ1) is 17.1. The number of hydrogen-bond acceptors (Lipinski definition) is 3. The van der Waals surface area contributed by atoms with Crippen LogP contribution in [-0.2, 0) is 10.0 Å². The van der Waals surface area contributed by atoms with Crippen LogP contribution in [0.5, 0.6) is 0 Å². The second-order valence-electron chi connectivity index (χ2n) is 5.51.